The minimum absolute atomic E-state index is 0.0145. The standard InChI is InChI=1S/C17H21N3O/c1-11-6-7-18-15(8-11)16(21)20-13-9-14(17(3,4)5)12(2)19-10-13/h6-10H,1-5H3,(H,20,21). The third kappa shape index (κ3) is 3.66. The highest BCUT2D eigenvalue weighted by Gasteiger charge is 2.18. The summed E-state index contributed by atoms with van der Waals surface area (Å²) in [4.78, 5) is 20.7. The number of hydrogen-bond acceptors (Lipinski definition) is 3. The lowest BCUT2D eigenvalue weighted by molar-refractivity contribution is 0.102. The number of nitrogens with one attached hydrogen (secondary N) is 1. The number of aryl methyl sites for hydroxylation is 2. The van der Waals surface area contributed by atoms with Gasteiger partial charge in [0.1, 0.15) is 5.69 Å². The maximum absolute atomic E-state index is 12.2. The van der Waals surface area contributed by atoms with E-state index in [1.807, 2.05) is 26.0 Å². The molecule has 0 spiro atoms. The normalized spacial score (nSPS) is 11.3. The van der Waals surface area contributed by atoms with E-state index in [4.69, 9.17) is 0 Å². The molecular formula is C17H21N3O. The summed E-state index contributed by atoms with van der Waals surface area (Å²) in [5.41, 5.74) is 4.20. The van der Waals surface area contributed by atoms with Crippen molar-refractivity contribution in [3.63, 3.8) is 0 Å². The minimum Gasteiger partial charge on any atom is -0.319 e. The number of nitrogens with zero attached hydrogens (tertiary/aromatic N) is 2. The molecule has 0 bridgehead atoms. The fourth-order valence-electron chi connectivity index (χ4n) is 2.22. The molecule has 1 N–H and O–H groups in total. The first kappa shape index (κ1) is 15.2. The van der Waals surface area contributed by atoms with Gasteiger partial charge in [-0.1, -0.05) is 20.8 Å². The van der Waals surface area contributed by atoms with E-state index in [9.17, 15) is 4.79 Å². The predicted molar refractivity (Wildman–Crippen MR) is 84.6 cm³/mol. The van der Waals surface area contributed by atoms with E-state index >= 15 is 0 Å². The van der Waals surface area contributed by atoms with Gasteiger partial charge in [-0.05, 0) is 48.6 Å². The number of carbonyl (C=O) groups excluding carboxylic acids is 1. The molecule has 2 heterocycles. The van der Waals surface area contributed by atoms with Gasteiger partial charge in [0.25, 0.3) is 5.91 Å². The zero-order chi connectivity index (χ0) is 15.6. The average Bonchev–Trinajstić information content (AvgIpc) is 2.39. The van der Waals surface area contributed by atoms with Crippen LogP contribution in [0.3, 0.4) is 0 Å². The summed E-state index contributed by atoms with van der Waals surface area (Å²) in [6.45, 7) is 10.3. The summed E-state index contributed by atoms with van der Waals surface area (Å²) in [7, 11) is 0. The van der Waals surface area contributed by atoms with E-state index in [1.54, 1.807) is 18.5 Å². The van der Waals surface area contributed by atoms with Crippen LogP contribution in [0.25, 0.3) is 0 Å². The first-order valence-electron chi connectivity index (χ1n) is 6.98. The lowest BCUT2D eigenvalue weighted by Gasteiger charge is -2.21. The first-order valence-corrected chi connectivity index (χ1v) is 6.98. The van der Waals surface area contributed by atoms with Gasteiger partial charge in [-0.2, -0.15) is 0 Å². The van der Waals surface area contributed by atoms with E-state index < -0.39 is 0 Å². The highest BCUT2D eigenvalue weighted by molar-refractivity contribution is 6.02. The van der Waals surface area contributed by atoms with Crippen LogP contribution in [-0.2, 0) is 5.41 Å². The molecule has 0 unspecified atom stereocenters. The second-order valence-electron chi connectivity index (χ2n) is 6.28. The van der Waals surface area contributed by atoms with E-state index in [1.165, 1.54) is 0 Å². The fraction of sp³-hybridized carbons (Fsp3) is 0.353. The third-order valence-electron chi connectivity index (χ3n) is 3.30. The molecule has 2 rings (SSSR count). The molecule has 0 aromatic carbocycles. The van der Waals surface area contributed by atoms with Gasteiger partial charge in [0.05, 0.1) is 11.9 Å². The number of hydrogen-bond donors (Lipinski definition) is 1. The van der Waals surface area contributed by atoms with E-state index in [0.717, 1.165) is 16.8 Å². The van der Waals surface area contributed by atoms with Crippen LogP contribution in [0, 0.1) is 13.8 Å². The Labute approximate surface area is 125 Å². The lowest BCUT2D eigenvalue weighted by atomic mass is 9.86. The Morgan fingerprint density at radius 2 is 1.86 bits per heavy atom. The molecule has 0 aliphatic rings. The summed E-state index contributed by atoms with van der Waals surface area (Å²) in [6, 6.07) is 5.61. The minimum atomic E-state index is -0.218. The lowest BCUT2D eigenvalue weighted by Crippen LogP contribution is -2.17. The molecule has 0 radical (unpaired) electrons. The number of amides is 1. The summed E-state index contributed by atoms with van der Waals surface area (Å²) < 4.78 is 0. The van der Waals surface area contributed by atoms with Gasteiger partial charge in [-0.3, -0.25) is 14.8 Å². The number of anilines is 1. The van der Waals surface area contributed by atoms with Crippen LogP contribution in [0.15, 0.2) is 30.6 Å². The maximum atomic E-state index is 12.2. The number of pyridine rings is 2. The number of aromatic nitrogens is 2. The van der Waals surface area contributed by atoms with Gasteiger partial charge >= 0.3 is 0 Å². The second-order valence-corrected chi connectivity index (χ2v) is 6.28. The summed E-state index contributed by atoms with van der Waals surface area (Å²) in [5, 5.41) is 2.86. The average molecular weight is 283 g/mol. The molecule has 21 heavy (non-hydrogen) atoms. The number of carbonyl (C=O) groups is 1. The van der Waals surface area contributed by atoms with E-state index in [-0.39, 0.29) is 11.3 Å². The maximum Gasteiger partial charge on any atom is 0.274 e. The molecule has 2 aromatic heterocycles. The third-order valence-corrected chi connectivity index (χ3v) is 3.30. The van der Waals surface area contributed by atoms with Crippen LogP contribution in [0.4, 0.5) is 5.69 Å². The zero-order valence-corrected chi connectivity index (χ0v) is 13.2. The van der Waals surface area contributed by atoms with Gasteiger partial charge in [0, 0.05) is 11.9 Å². The molecule has 0 saturated heterocycles. The molecule has 0 atom stereocenters. The van der Waals surface area contributed by atoms with Crippen molar-refractivity contribution in [2.24, 2.45) is 0 Å². The topological polar surface area (TPSA) is 54.9 Å². The Hall–Kier alpha value is -2.23. The molecule has 0 aliphatic carbocycles. The van der Waals surface area contributed by atoms with Crippen LogP contribution in [0.1, 0.15) is 48.1 Å². The van der Waals surface area contributed by atoms with Crippen molar-refractivity contribution in [2.45, 2.75) is 40.0 Å². The Bertz CT molecular complexity index is 672. The SMILES string of the molecule is Cc1ccnc(C(=O)Nc2cnc(C)c(C(C)(C)C)c2)c1. The zero-order valence-electron chi connectivity index (χ0n) is 13.2. The molecule has 4 nitrogen and oxygen atoms in total. The molecule has 110 valence electrons. The molecule has 0 fully saturated rings. The summed E-state index contributed by atoms with van der Waals surface area (Å²) in [5.74, 6) is -0.218. The molecule has 4 heteroatoms. The molecule has 0 aliphatic heterocycles. The molecular weight excluding hydrogens is 262 g/mol. The Morgan fingerprint density at radius 3 is 2.48 bits per heavy atom. The predicted octanol–water partition coefficient (Wildman–Crippen LogP) is 3.64. The van der Waals surface area contributed by atoms with Crippen molar-refractivity contribution >= 4 is 11.6 Å². The van der Waals surface area contributed by atoms with Gasteiger partial charge in [0.2, 0.25) is 0 Å². The van der Waals surface area contributed by atoms with Gasteiger partial charge in [-0.25, -0.2) is 0 Å². The van der Waals surface area contributed by atoms with Crippen LogP contribution >= 0.6 is 0 Å². The monoisotopic (exact) mass is 283 g/mol. The molecule has 2 aromatic rings. The Balaban J connectivity index is 2.26. The van der Waals surface area contributed by atoms with Crippen LogP contribution in [0.5, 0.6) is 0 Å². The van der Waals surface area contributed by atoms with E-state index in [2.05, 4.69) is 36.1 Å². The van der Waals surface area contributed by atoms with Crippen LogP contribution in [0.2, 0.25) is 0 Å². The van der Waals surface area contributed by atoms with Crippen LogP contribution in [-0.4, -0.2) is 15.9 Å². The Morgan fingerprint density at radius 1 is 1.14 bits per heavy atom. The summed E-state index contributed by atoms with van der Waals surface area (Å²) >= 11 is 0. The number of rotatable bonds is 2. The van der Waals surface area contributed by atoms with Crippen molar-refractivity contribution in [1.29, 1.82) is 0 Å². The van der Waals surface area contributed by atoms with Crippen molar-refractivity contribution in [3.8, 4) is 0 Å². The van der Waals surface area contributed by atoms with Crippen LogP contribution < -0.4 is 5.32 Å². The fourth-order valence-corrected chi connectivity index (χ4v) is 2.22. The molecule has 0 saturated carbocycles. The van der Waals surface area contributed by atoms with E-state index in [0.29, 0.717) is 11.4 Å². The highest BCUT2D eigenvalue weighted by Crippen LogP contribution is 2.26. The smallest absolute Gasteiger partial charge is 0.274 e. The summed E-state index contributed by atoms with van der Waals surface area (Å²) in [6.07, 6.45) is 3.32. The van der Waals surface area contributed by atoms with Crippen molar-refractivity contribution in [2.75, 3.05) is 5.32 Å². The highest BCUT2D eigenvalue weighted by atomic mass is 16.1. The quantitative estimate of drug-likeness (QED) is 0.915. The van der Waals surface area contributed by atoms with Crippen molar-refractivity contribution in [3.05, 3.63) is 53.1 Å². The first-order chi connectivity index (χ1) is 9.77. The Kier molecular flexibility index (Phi) is 4.07. The second kappa shape index (κ2) is 5.64. The van der Waals surface area contributed by atoms with Gasteiger partial charge in [-0.15, -0.1) is 0 Å². The van der Waals surface area contributed by atoms with Gasteiger partial charge in [0.15, 0.2) is 0 Å². The molecule has 1 amide bonds. The van der Waals surface area contributed by atoms with Gasteiger partial charge < -0.3 is 5.32 Å². The largest absolute Gasteiger partial charge is 0.319 e. The van der Waals surface area contributed by atoms with Crippen molar-refractivity contribution < 1.29 is 4.79 Å². The van der Waals surface area contributed by atoms with Crippen molar-refractivity contribution in [1.82, 2.24) is 9.97 Å².